The number of aldehydes is 1. The molecule has 0 aliphatic carbocycles. The number of anilines is 1. The molecule has 0 amide bonds. The monoisotopic (exact) mass is 175 g/mol. The Morgan fingerprint density at radius 3 is 3.08 bits per heavy atom. The van der Waals surface area contributed by atoms with Gasteiger partial charge in [-0.3, -0.25) is 0 Å². The van der Waals surface area contributed by atoms with E-state index in [1.165, 1.54) is 0 Å². The van der Waals surface area contributed by atoms with E-state index < -0.39 is 0 Å². The number of rotatable bonds is 2. The molecule has 4 heteroatoms. The van der Waals surface area contributed by atoms with Crippen LogP contribution < -0.4 is 5.73 Å². The number of nitrogen functional groups attached to an aromatic ring is 1. The predicted molar refractivity (Wildman–Crippen MR) is 49.4 cm³/mol. The minimum Gasteiger partial charge on any atom is -0.398 e. The second kappa shape index (κ2) is 2.90. The first-order chi connectivity index (χ1) is 6.29. The molecule has 2 N–H and O–H groups in total. The Hall–Kier alpha value is -1.84. The highest BCUT2D eigenvalue weighted by atomic mass is 16.1. The molecule has 4 nitrogen and oxygen atoms in total. The summed E-state index contributed by atoms with van der Waals surface area (Å²) >= 11 is 0. The summed E-state index contributed by atoms with van der Waals surface area (Å²) in [7, 11) is 0. The predicted octanol–water partition coefficient (Wildman–Crippen LogP) is 0.658. The molecule has 2 rings (SSSR count). The Kier molecular flexibility index (Phi) is 1.73. The van der Waals surface area contributed by atoms with Gasteiger partial charge in [0, 0.05) is 24.5 Å². The fourth-order valence-corrected chi connectivity index (χ4v) is 1.25. The fourth-order valence-electron chi connectivity index (χ4n) is 1.25. The Labute approximate surface area is 75.0 Å². The van der Waals surface area contributed by atoms with Crippen molar-refractivity contribution in [2.75, 3.05) is 5.73 Å². The van der Waals surface area contributed by atoms with Crippen LogP contribution in [-0.4, -0.2) is 15.7 Å². The number of hydrogen-bond donors (Lipinski definition) is 1. The van der Waals surface area contributed by atoms with Crippen LogP contribution in [0.3, 0.4) is 0 Å². The van der Waals surface area contributed by atoms with Crippen molar-refractivity contribution >= 4 is 17.6 Å². The smallest absolute Gasteiger partial charge is 0.137 e. The number of pyridine rings is 1. The van der Waals surface area contributed by atoms with Gasteiger partial charge >= 0.3 is 0 Å². The standard InChI is InChI=1S/C9H9N3O/c10-7-1-2-9-11-8(3-4-13)6-12(9)5-7/h1-2,4-6H,3,10H2. The molecule has 0 atom stereocenters. The lowest BCUT2D eigenvalue weighted by Gasteiger charge is -1.93. The van der Waals surface area contributed by atoms with Gasteiger partial charge in [0.1, 0.15) is 11.9 Å². The number of imidazole rings is 1. The highest BCUT2D eigenvalue weighted by molar-refractivity contribution is 5.55. The van der Waals surface area contributed by atoms with Gasteiger partial charge in [0.25, 0.3) is 0 Å². The summed E-state index contributed by atoms with van der Waals surface area (Å²) in [5, 5.41) is 0. The molecule has 0 radical (unpaired) electrons. The van der Waals surface area contributed by atoms with Gasteiger partial charge in [0.05, 0.1) is 5.69 Å². The Morgan fingerprint density at radius 2 is 2.31 bits per heavy atom. The van der Waals surface area contributed by atoms with Crippen LogP contribution >= 0.6 is 0 Å². The molecule has 0 aliphatic rings. The summed E-state index contributed by atoms with van der Waals surface area (Å²) in [6, 6.07) is 3.61. The second-order valence-corrected chi connectivity index (χ2v) is 2.83. The van der Waals surface area contributed by atoms with E-state index in [-0.39, 0.29) is 0 Å². The van der Waals surface area contributed by atoms with E-state index in [2.05, 4.69) is 4.98 Å². The quantitative estimate of drug-likeness (QED) is 0.682. The number of hydrogen-bond acceptors (Lipinski definition) is 3. The van der Waals surface area contributed by atoms with Crippen molar-refractivity contribution in [1.29, 1.82) is 0 Å². The molecule has 0 spiro atoms. The number of aromatic nitrogens is 2. The number of carbonyl (C=O) groups excluding carboxylic acids is 1. The summed E-state index contributed by atoms with van der Waals surface area (Å²) in [6.45, 7) is 0. The number of nitrogens with two attached hydrogens (primary N) is 1. The Balaban J connectivity index is 2.55. The van der Waals surface area contributed by atoms with Crippen LogP contribution in [0.4, 0.5) is 5.69 Å². The normalized spacial score (nSPS) is 10.5. The lowest BCUT2D eigenvalue weighted by Crippen LogP contribution is -1.88. The molecule has 0 aliphatic heterocycles. The van der Waals surface area contributed by atoms with Gasteiger partial charge < -0.3 is 14.9 Å². The minimum absolute atomic E-state index is 0.349. The average Bonchev–Trinajstić information content (AvgIpc) is 2.46. The Morgan fingerprint density at radius 1 is 1.46 bits per heavy atom. The highest BCUT2D eigenvalue weighted by Crippen LogP contribution is 2.08. The van der Waals surface area contributed by atoms with Crippen molar-refractivity contribution in [1.82, 2.24) is 9.38 Å². The van der Waals surface area contributed by atoms with Crippen LogP contribution in [-0.2, 0) is 11.2 Å². The van der Waals surface area contributed by atoms with E-state index in [0.717, 1.165) is 17.6 Å². The largest absolute Gasteiger partial charge is 0.398 e. The maximum absolute atomic E-state index is 10.2. The van der Waals surface area contributed by atoms with Crippen molar-refractivity contribution in [2.24, 2.45) is 0 Å². The van der Waals surface area contributed by atoms with E-state index in [1.807, 2.05) is 10.5 Å². The minimum atomic E-state index is 0.349. The van der Waals surface area contributed by atoms with Gasteiger partial charge in [-0.05, 0) is 12.1 Å². The van der Waals surface area contributed by atoms with Crippen LogP contribution in [0.15, 0.2) is 24.5 Å². The molecule has 0 bridgehead atoms. The van der Waals surface area contributed by atoms with Gasteiger partial charge in [0.2, 0.25) is 0 Å². The van der Waals surface area contributed by atoms with Gasteiger partial charge in [-0.15, -0.1) is 0 Å². The summed E-state index contributed by atoms with van der Waals surface area (Å²) in [6.07, 6.45) is 4.77. The van der Waals surface area contributed by atoms with Crippen LogP contribution in [0.1, 0.15) is 5.69 Å². The lowest BCUT2D eigenvalue weighted by molar-refractivity contribution is -0.107. The molecule has 2 aromatic heterocycles. The molecule has 66 valence electrons. The SMILES string of the molecule is Nc1ccc2nc(CC=O)cn2c1. The first-order valence-electron chi connectivity index (χ1n) is 3.96. The van der Waals surface area contributed by atoms with Crippen molar-refractivity contribution in [3.8, 4) is 0 Å². The van der Waals surface area contributed by atoms with Gasteiger partial charge in [-0.2, -0.15) is 0 Å². The molecule has 2 aromatic rings. The van der Waals surface area contributed by atoms with E-state index in [1.54, 1.807) is 18.5 Å². The van der Waals surface area contributed by atoms with Crippen molar-refractivity contribution in [3.63, 3.8) is 0 Å². The third kappa shape index (κ3) is 1.38. The molecule has 0 saturated carbocycles. The van der Waals surface area contributed by atoms with E-state index in [0.29, 0.717) is 12.1 Å². The zero-order chi connectivity index (χ0) is 9.26. The summed E-state index contributed by atoms with van der Waals surface area (Å²) in [4.78, 5) is 14.5. The molecule has 0 aromatic carbocycles. The third-order valence-electron chi connectivity index (χ3n) is 1.82. The molecule has 0 unspecified atom stereocenters. The average molecular weight is 175 g/mol. The molecular formula is C9H9N3O. The fraction of sp³-hybridized carbons (Fsp3) is 0.111. The molecule has 0 saturated heterocycles. The van der Waals surface area contributed by atoms with Crippen molar-refractivity contribution in [3.05, 3.63) is 30.2 Å². The summed E-state index contributed by atoms with van der Waals surface area (Å²) < 4.78 is 1.81. The lowest BCUT2D eigenvalue weighted by atomic mass is 10.4. The van der Waals surface area contributed by atoms with Gasteiger partial charge in [-0.1, -0.05) is 0 Å². The van der Waals surface area contributed by atoms with Crippen molar-refractivity contribution < 1.29 is 4.79 Å². The highest BCUT2D eigenvalue weighted by Gasteiger charge is 1.99. The molecule has 0 fully saturated rings. The zero-order valence-corrected chi connectivity index (χ0v) is 6.97. The van der Waals surface area contributed by atoms with Gasteiger partial charge in [0.15, 0.2) is 0 Å². The third-order valence-corrected chi connectivity index (χ3v) is 1.82. The van der Waals surface area contributed by atoms with E-state index in [4.69, 9.17) is 5.73 Å². The van der Waals surface area contributed by atoms with Crippen LogP contribution in [0.5, 0.6) is 0 Å². The van der Waals surface area contributed by atoms with Crippen LogP contribution in [0.25, 0.3) is 5.65 Å². The summed E-state index contributed by atoms with van der Waals surface area (Å²) in [5.74, 6) is 0. The molecule has 13 heavy (non-hydrogen) atoms. The van der Waals surface area contributed by atoms with Crippen molar-refractivity contribution in [2.45, 2.75) is 6.42 Å². The second-order valence-electron chi connectivity index (χ2n) is 2.83. The van der Waals surface area contributed by atoms with Gasteiger partial charge in [-0.25, -0.2) is 4.98 Å². The van der Waals surface area contributed by atoms with Crippen LogP contribution in [0, 0.1) is 0 Å². The summed E-state index contributed by atoms with van der Waals surface area (Å²) in [5.41, 5.74) is 7.85. The van der Waals surface area contributed by atoms with E-state index >= 15 is 0 Å². The number of nitrogens with zero attached hydrogens (tertiary/aromatic N) is 2. The Bertz CT molecular complexity index is 447. The van der Waals surface area contributed by atoms with Crippen LogP contribution in [0.2, 0.25) is 0 Å². The van der Waals surface area contributed by atoms with E-state index in [9.17, 15) is 4.79 Å². The maximum Gasteiger partial charge on any atom is 0.137 e. The number of fused-ring (bicyclic) bond motifs is 1. The molecule has 2 heterocycles. The molecular weight excluding hydrogens is 166 g/mol. The number of carbonyl (C=O) groups is 1. The first kappa shape index (κ1) is 7.79. The maximum atomic E-state index is 10.2. The topological polar surface area (TPSA) is 60.4 Å². The first-order valence-corrected chi connectivity index (χ1v) is 3.96. The zero-order valence-electron chi connectivity index (χ0n) is 6.97.